The molecule has 1 saturated heterocycles. The van der Waals surface area contributed by atoms with Gasteiger partial charge >= 0.3 is 0 Å². The van der Waals surface area contributed by atoms with E-state index < -0.39 is 5.92 Å². The van der Waals surface area contributed by atoms with Crippen LogP contribution in [-0.2, 0) is 9.59 Å². The van der Waals surface area contributed by atoms with Crippen LogP contribution in [0.2, 0.25) is 5.02 Å². The minimum absolute atomic E-state index is 0.0303. The smallest absolute Gasteiger partial charge is 0.226 e. The molecule has 120 valence electrons. The molecule has 2 amide bonds. The van der Waals surface area contributed by atoms with E-state index in [1.807, 2.05) is 25.1 Å². The van der Waals surface area contributed by atoms with Gasteiger partial charge in [-0.25, -0.2) is 0 Å². The first-order valence-corrected chi connectivity index (χ1v) is 7.82. The minimum atomic E-state index is -0.399. The molecule has 3 N–H and O–H groups in total. The summed E-state index contributed by atoms with van der Waals surface area (Å²) in [5.74, 6) is -0.537. The number of nitrogens with zero attached hydrogens (tertiary/aromatic N) is 1. The molecule has 1 aromatic carbocycles. The van der Waals surface area contributed by atoms with Crippen LogP contribution in [0.3, 0.4) is 0 Å². The van der Waals surface area contributed by atoms with Crippen molar-refractivity contribution in [1.82, 2.24) is 10.2 Å². The Morgan fingerprint density at radius 3 is 2.91 bits per heavy atom. The second-order valence-corrected chi connectivity index (χ2v) is 6.31. The van der Waals surface area contributed by atoms with E-state index >= 15 is 0 Å². The number of benzene rings is 1. The summed E-state index contributed by atoms with van der Waals surface area (Å²) >= 11 is 6.04. The maximum Gasteiger partial charge on any atom is 0.226 e. The lowest BCUT2D eigenvalue weighted by Crippen LogP contribution is -2.36. The maximum atomic E-state index is 12.4. The molecule has 1 aliphatic rings. The molecule has 2 rings (SSSR count). The Labute approximate surface area is 135 Å². The summed E-state index contributed by atoms with van der Waals surface area (Å²) in [5.41, 5.74) is 6.57. The van der Waals surface area contributed by atoms with Gasteiger partial charge in [-0.15, -0.1) is 0 Å². The summed E-state index contributed by atoms with van der Waals surface area (Å²) in [6, 6.07) is 7.08. The third-order valence-corrected chi connectivity index (χ3v) is 4.25. The predicted molar refractivity (Wildman–Crippen MR) is 86.3 cm³/mol. The van der Waals surface area contributed by atoms with Crippen molar-refractivity contribution < 1.29 is 9.59 Å². The van der Waals surface area contributed by atoms with E-state index in [4.69, 9.17) is 17.3 Å². The first-order chi connectivity index (χ1) is 10.4. The van der Waals surface area contributed by atoms with Gasteiger partial charge in [-0.3, -0.25) is 9.59 Å². The van der Waals surface area contributed by atoms with Crippen molar-refractivity contribution in [2.24, 2.45) is 11.7 Å². The molecule has 22 heavy (non-hydrogen) atoms. The van der Waals surface area contributed by atoms with Gasteiger partial charge in [0.05, 0.1) is 12.0 Å². The Balaban J connectivity index is 2.14. The molecule has 0 saturated carbocycles. The summed E-state index contributed by atoms with van der Waals surface area (Å²) in [7, 11) is 1.73. The predicted octanol–water partition coefficient (Wildman–Crippen LogP) is 1.71. The van der Waals surface area contributed by atoms with Crippen molar-refractivity contribution in [3.8, 4) is 0 Å². The van der Waals surface area contributed by atoms with Crippen LogP contribution in [0.15, 0.2) is 24.3 Å². The number of hydrogen-bond acceptors (Lipinski definition) is 3. The van der Waals surface area contributed by atoms with Crippen LogP contribution in [0.25, 0.3) is 0 Å². The van der Waals surface area contributed by atoms with Gasteiger partial charge in [0.25, 0.3) is 0 Å². The number of rotatable bonds is 5. The van der Waals surface area contributed by atoms with Gasteiger partial charge in [0, 0.05) is 31.1 Å². The fourth-order valence-corrected chi connectivity index (χ4v) is 3.00. The number of nitrogens with one attached hydrogen (secondary N) is 1. The van der Waals surface area contributed by atoms with Gasteiger partial charge < -0.3 is 16.0 Å². The zero-order chi connectivity index (χ0) is 16.3. The van der Waals surface area contributed by atoms with E-state index in [1.54, 1.807) is 18.0 Å². The van der Waals surface area contributed by atoms with Crippen LogP contribution < -0.4 is 11.1 Å². The molecule has 6 heteroatoms. The molecular weight excluding hydrogens is 302 g/mol. The first kappa shape index (κ1) is 16.8. The van der Waals surface area contributed by atoms with E-state index in [2.05, 4.69) is 5.32 Å². The van der Waals surface area contributed by atoms with Crippen LogP contribution in [-0.4, -0.2) is 36.3 Å². The van der Waals surface area contributed by atoms with Crippen molar-refractivity contribution in [2.45, 2.75) is 31.8 Å². The molecule has 5 nitrogen and oxygen atoms in total. The van der Waals surface area contributed by atoms with Crippen molar-refractivity contribution >= 4 is 23.4 Å². The number of carbonyl (C=O) groups excluding carboxylic acids is 2. The van der Waals surface area contributed by atoms with Crippen molar-refractivity contribution in [3.05, 3.63) is 34.9 Å². The first-order valence-electron chi connectivity index (χ1n) is 7.44. The Kier molecular flexibility index (Phi) is 5.42. The SMILES string of the molecule is CC(N)CCNC(=O)C1CC(=O)N(C)C1c1cccc(Cl)c1. The van der Waals surface area contributed by atoms with Gasteiger partial charge in [-0.1, -0.05) is 23.7 Å². The van der Waals surface area contributed by atoms with Crippen LogP contribution >= 0.6 is 11.6 Å². The monoisotopic (exact) mass is 323 g/mol. The molecule has 1 aromatic rings. The summed E-state index contributed by atoms with van der Waals surface area (Å²) < 4.78 is 0. The number of halogens is 1. The van der Waals surface area contributed by atoms with Crippen molar-refractivity contribution in [1.29, 1.82) is 0 Å². The molecule has 0 bridgehead atoms. The van der Waals surface area contributed by atoms with E-state index in [1.165, 1.54) is 0 Å². The van der Waals surface area contributed by atoms with E-state index in [0.29, 0.717) is 18.0 Å². The number of hydrogen-bond donors (Lipinski definition) is 2. The van der Waals surface area contributed by atoms with Gasteiger partial charge in [0.15, 0.2) is 0 Å². The van der Waals surface area contributed by atoms with Crippen LogP contribution in [0.1, 0.15) is 31.4 Å². The molecule has 0 aliphatic carbocycles. The molecule has 3 atom stereocenters. The average Bonchev–Trinajstić information content (AvgIpc) is 2.74. The fraction of sp³-hybridized carbons (Fsp3) is 0.500. The molecule has 3 unspecified atom stereocenters. The lowest BCUT2D eigenvalue weighted by molar-refractivity contribution is -0.128. The molecular formula is C16H22ClN3O2. The fourth-order valence-electron chi connectivity index (χ4n) is 2.81. The quantitative estimate of drug-likeness (QED) is 0.866. The maximum absolute atomic E-state index is 12.4. The zero-order valence-corrected chi connectivity index (χ0v) is 13.6. The normalized spacial score (nSPS) is 22.7. The third kappa shape index (κ3) is 3.78. The molecule has 1 heterocycles. The Morgan fingerprint density at radius 1 is 1.55 bits per heavy atom. The summed E-state index contributed by atoms with van der Waals surface area (Å²) in [5, 5.41) is 3.48. The standard InChI is InChI=1S/C16H22ClN3O2/c1-10(18)6-7-19-16(22)13-9-14(21)20(2)15(13)11-4-3-5-12(17)8-11/h3-5,8,10,13,15H,6-7,9,18H2,1-2H3,(H,19,22). The van der Waals surface area contributed by atoms with Crippen LogP contribution in [0, 0.1) is 5.92 Å². The topological polar surface area (TPSA) is 75.4 Å². The molecule has 1 aliphatic heterocycles. The highest BCUT2D eigenvalue weighted by Crippen LogP contribution is 2.37. The van der Waals surface area contributed by atoms with Crippen molar-refractivity contribution in [2.75, 3.05) is 13.6 Å². The second-order valence-electron chi connectivity index (χ2n) is 5.87. The number of likely N-dealkylation sites (tertiary alicyclic amines) is 1. The van der Waals surface area contributed by atoms with Crippen molar-refractivity contribution in [3.63, 3.8) is 0 Å². The molecule has 0 radical (unpaired) electrons. The second kappa shape index (κ2) is 7.11. The highest BCUT2D eigenvalue weighted by Gasteiger charge is 2.42. The van der Waals surface area contributed by atoms with Gasteiger partial charge in [0.1, 0.15) is 0 Å². The van der Waals surface area contributed by atoms with Gasteiger partial charge in [0.2, 0.25) is 11.8 Å². The summed E-state index contributed by atoms with van der Waals surface area (Å²) in [6.45, 7) is 2.42. The van der Waals surface area contributed by atoms with E-state index in [9.17, 15) is 9.59 Å². The molecule has 1 fully saturated rings. The van der Waals surface area contributed by atoms with Gasteiger partial charge in [-0.2, -0.15) is 0 Å². The van der Waals surface area contributed by atoms with Crippen LogP contribution in [0.4, 0.5) is 0 Å². The highest BCUT2D eigenvalue weighted by atomic mass is 35.5. The zero-order valence-electron chi connectivity index (χ0n) is 12.9. The van der Waals surface area contributed by atoms with E-state index in [0.717, 1.165) is 5.56 Å². The molecule has 0 spiro atoms. The highest BCUT2D eigenvalue weighted by molar-refractivity contribution is 6.30. The van der Waals surface area contributed by atoms with E-state index in [-0.39, 0.29) is 30.3 Å². The molecule has 0 aromatic heterocycles. The number of amides is 2. The summed E-state index contributed by atoms with van der Waals surface area (Å²) in [6.07, 6.45) is 0.932. The largest absolute Gasteiger partial charge is 0.356 e. The Bertz CT molecular complexity index is 562. The Morgan fingerprint density at radius 2 is 2.27 bits per heavy atom. The minimum Gasteiger partial charge on any atom is -0.356 e. The Hall–Kier alpha value is -1.59. The number of carbonyl (C=O) groups is 2. The lowest BCUT2D eigenvalue weighted by atomic mass is 9.93. The van der Waals surface area contributed by atoms with Gasteiger partial charge in [-0.05, 0) is 31.0 Å². The summed E-state index contributed by atoms with van der Waals surface area (Å²) in [4.78, 5) is 26.1. The lowest BCUT2D eigenvalue weighted by Gasteiger charge is -2.25. The average molecular weight is 324 g/mol. The number of nitrogens with two attached hydrogens (primary N) is 1. The third-order valence-electron chi connectivity index (χ3n) is 4.01. The van der Waals surface area contributed by atoms with Crippen LogP contribution in [0.5, 0.6) is 0 Å².